The molecule has 0 bridgehead atoms. The van der Waals surface area contributed by atoms with Gasteiger partial charge in [0, 0.05) is 32.8 Å². The van der Waals surface area contributed by atoms with Crippen LogP contribution in [0, 0.1) is 0 Å². The number of likely N-dealkylation sites (tertiary alicyclic amines) is 1. The number of nitrogens with zero attached hydrogens (tertiary/aromatic N) is 3. The van der Waals surface area contributed by atoms with Crippen LogP contribution in [0.25, 0.3) is 0 Å². The molecule has 8 heteroatoms. The van der Waals surface area contributed by atoms with Gasteiger partial charge in [-0.25, -0.2) is 0 Å². The molecule has 2 amide bonds. The Morgan fingerprint density at radius 3 is 2.75 bits per heavy atom. The van der Waals surface area contributed by atoms with E-state index in [0.29, 0.717) is 38.4 Å². The van der Waals surface area contributed by atoms with Crippen molar-refractivity contribution in [2.75, 3.05) is 26.8 Å². The first-order valence-corrected chi connectivity index (χ1v) is 9.45. The molecule has 1 fully saturated rings. The molecule has 0 aliphatic carbocycles. The van der Waals surface area contributed by atoms with Crippen LogP contribution in [0.5, 0.6) is 5.75 Å². The molecule has 150 valence electrons. The predicted octanol–water partition coefficient (Wildman–Crippen LogP) is 1.33. The van der Waals surface area contributed by atoms with E-state index < -0.39 is 6.04 Å². The molecule has 8 nitrogen and oxygen atoms in total. The molecule has 1 aliphatic heterocycles. The van der Waals surface area contributed by atoms with Crippen LogP contribution in [0.4, 0.5) is 0 Å². The van der Waals surface area contributed by atoms with Crippen LogP contribution in [0.3, 0.4) is 0 Å². The Morgan fingerprint density at radius 2 is 2.04 bits per heavy atom. The molecule has 28 heavy (non-hydrogen) atoms. The summed E-state index contributed by atoms with van der Waals surface area (Å²) < 4.78 is 12.6. The highest BCUT2D eigenvalue weighted by atomic mass is 16.5. The van der Waals surface area contributed by atoms with Crippen LogP contribution < -0.4 is 10.1 Å². The number of hydrogen-bond acceptors (Lipinski definition) is 5. The molecule has 1 aliphatic rings. The fourth-order valence-electron chi connectivity index (χ4n) is 3.35. The van der Waals surface area contributed by atoms with Gasteiger partial charge in [0.2, 0.25) is 5.91 Å². The molecule has 0 spiro atoms. The third-order valence-electron chi connectivity index (χ3n) is 4.71. The van der Waals surface area contributed by atoms with Crippen LogP contribution in [0.2, 0.25) is 0 Å². The molecule has 1 saturated heterocycles. The summed E-state index contributed by atoms with van der Waals surface area (Å²) >= 11 is 0. The van der Waals surface area contributed by atoms with Gasteiger partial charge in [0.1, 0.15) is 23.6 Å². The van der Waals surface area contributed by atoms with Crippen LogP contribution >= 0.6 is 0 Å². The summed E-state index contributed by atoms with van der Waals surface area (Å²) in [6, 6.07) is 10.5. The second-order valence-corrected chi connectivity index (χ2v) is 6.58. The number of rotatable bonds is 8. The summed E-state index contributed by atoms with van der Waals surface area (Å²) in [6.45, 7) is 3.65. The lowest BCUT2D eigenvalue weighted by molar-refractivity contribution is -0.125. The molecule has 0 radical (unpaired) electrons. The Hall–Kier alpha value is -2.87. The van der Waals surface area contributed by atoms with Crippen molar-refractivity contribution in [3.63, 3.8) is 0 Å². The van der Waals surface area contributed by atoms with Gasteiger partial charge in [0.05, 0.1) is 13.2 Å². The lowest BCUT2D eigenvalue weighted by Crippen LogP contribution is -2.47. The van der Waals surface area contributed by atoms with Gasteiger partial charge < -0.3 is 19.7 Å². The number of methoxy groups -OCH3 is 1. The van der Waals surface area contributed by atoms with E-state index >= 15 is 0 Å². The Balaban J connectivity index is 1.77. The third-order valence-corrected chi connectivity index (χ3v) is 4.71. The smallest absolute Gasteiger partial charge is 0.272 e. The minimum Gasteiger partial charge on any atom is -0.488 e. The van der Waals surface area contributed by atoms with Gasteiger partial charge in [0.15, 0.2) is 0 Å². The Labute approximate surface area is 164 Å². The highest BCUT2D eigenvalue weighted by Crippen LogP contribution is 2.25. The molecule has 2 heterocycles. The molecule has 2 atom stereocenters. The fourth-order valence-corrected chi connectivity index (χ4v) is 3.35. The molecule has 2 aromatic rings. The molecule has 1 aromatic carbocycles. The van der Waals surface area contributed by atoms with E-state index in [4.69, 9.17) is 9.47 Å². The van der Waals surface area contributed by atoms with Gasteiger partial charge in [-0.3, -0.25) is 14.3 Å². The van der Waals surface area contributed by atoms with Crippen molar-refractivity contribution in [3.8, 4) is 5.75 Å². The number of amides is 2. The maximum atomic E-state index is 13.1. The van der Waals surface area contributed by atoms with E-state index in [-0.39, 0.29) is 17.9 Å². The first-order valence-electron chi connectivity index (χ1n) is 9.45. The molecular formula is C20H26N4O4. The van der Waals surface area contributed by atoms with Gasteiger partial charge >= 0.3 is 0 Å². The minimum atomic E-state index is -0.599. The number of benzene rings is 1. The summed E-state index contributed by atoms with van der Waals surface area (Å²) in [6.07, 6.45) is 1.76. The SMILES string of the molecule is CCn1nccc1C(=O)N1C[C@@H](Oc2ccccc2)C[C@H]1C(=O)NCCOC. The fraction of sp³-hybridized carbons (Fsp3) is 0.450. The Kier molecular flexibility index (Phi) is 6.65. The van der Waals surface area contributed by atoms with Crippen molar-refractivity contribution >= 4 is 11.8 Å². The summed E-state index contributed by atoms with van der Waals surface area (Å²) in [5, 5.41) is 7.00. The van der Waals surface area contributed by atoms with Crippen molar-refractivity contribution in [3.05, 3.63) is 48.3 Å². The maximum absolute atomic E-state index is 13.1. The second-order valence-electron chi connectivity index (χ2n) is 6.58. The third kappa shape index (κ3) is 4.51. The van der Waals surface area contributed by atoms with Crippen LogP contribution in [-0.2, 0) is 16.1 Å². The standard InChI is InChI=1S/C20H26N4O4/c1-3-24-17(9-10-22-24)20(26)23-14-16(28-15-7-5-4-6-8-15)13-18(23)19(25)21-11-12-27-2/h4-10,16,18H,3,11-14H2,1-2H3,(H,21,25)/t16-,18-/m0/s1. The second kappa shape index (κ2) is 9.36. The highest BCUT2D eigenvalue weighted by molar-refractivity contribution is 5.96. The van der Waals surface area contributed by atoms with E-state index in [9.17, 15) is 9.59 Å². The number of carbonyl (C=O) groups excluding carboxylic acids is 2. The van der Waals surface area contributed by atoms with Crippen LogP contribution in [-0.4, -0.2) is 65.4 Å². The quantitative estimate of drug-likeness (QED) is 0.692. The first kappa shape index (κ1) is 19.9. The zero-order valence-corrected chi connectivity index (χ0v) is 16.2. The van der Waals surface area contributed by atoms with E-state index in [1.54, 1.807) is 29.0 Å². The number of aromatic nitrogens is 2. The van der Waals surface area contributed by atoms with Gasteiger partial charge in [-0.15, -0.1) is 0 Å². The van der Waals surface area contributed by atoms with Gasteiger partial charge in [0.25, 0.3) is 5.91 Å². The van der Waals surface area contributed by atoms with Crippen LogP contribution in [0.15, 0.2) is 42.6 Å². The van der Waals surface area contributed by atoms with E-state index in [1.165, 1.54) is 0 Å². The van der Waals surface area contributed by atoms with Crippen molar-refractivity contribution < 1.29 is 19.1 Å². The minimum absolute atomic E-state index is 0.202. The number of aryl methyl sites for hydroxylation is 1. The number of carbonyl (C=O) groups is 2. The number of para-hydroxylation sites is 1. The zero-order chi connectivity index (χ0) is 19.9. The average Bonchev–Trinajstić information content (AvgIpc) is 3.35. The van der Waals surface area contributed by atoms with E-state index in [2.05, 4.69) is 10.4 Å². The van der Waals surface area contributed by atoms with Crippen molar-refractivity contribution in [2.45, 2.75) is 32.0 Å². The van der Waals surface area contributed by atoms with Gasteiger partial charge in [-0.2, -0.15) is 5.10 Å². The van der Waals surface area contributed by atoms with Crippen molar-refractivity contribution in [2.24, 2.45) is 0 Å². The summed E-state index contributed by atoms with van der Waals surface area (Å²) in [4.78, 5) is 27.4. The lowest BCUT2D eigenvalue weighted by atomic mass is 10.1. The Bertz CT molecular complexity index is 793. The predicted molar refractivity (Wildman–Crippen MR) is 103 cm³/mol. The van der Waals surface area contributed by atoms with Gasteiger partial charge in [-0.05, 0) is 25.1 Å². The van der Waals surface area contributed by atoms with Crippen molar-refractivity contribution in [1.29, 1.82) is 0 Å². The van der Waals surface area contributed by atoms with Gasteiger partial charge in [-0.1, -0.05) is 18.2 Å². The normalized spacial score (nSPS) is 18.9. The maximum Gasteiger partial charge on any atom is 0.272 e. The monoisotopic (exact) mass is 386 g/mol. The van der Waals surface area contributed by atoms with E-state index in [1.807, 2.05) is 37.3 Å². The number of nitrogens with one attached hydrogen (secondary N) is 1. The van der Waals surface area contributed by atoms with Crippen molar-refractivity contribution in [1.82, 2.24) is 20.0 Å². The summed E-state index contributed by atoms with van der Waals surface area (Å²) in [5.74, 6) is 0.302. The molecule has 0 saturated carbocycles. The Morgan fingerprint density at radius 1 is 1.25 bits per heavy atom. The zero-order valence-electron chi connectivity index (χ0n) is 16.2. The molecule has 3 rings (SSSR count). The van der Waals surface area contributed by atoms with E-state index in [0.717, 1.165) is 5.75 Å². The summed E-state index contributed by atoms with van der Waals surface area (Å²) in [7, 11) is 1.58. The molecule has 1 N–H and O–H groups in total. The number of hydrogen-bond donors (Lipinski definition) is 1. The lowest BCUT2D eigenvalue weighted by Gasteiger charge is -2.23. The van der Waals surface area contributed by atoms with Crippen LogP contribution in [0.1, 0.15) is 23.8 Å². The highest BCUT2D eigenvalue weighted by Gasteiger charge is 2.41. The topological polar surface area (TPSA) is 85.7 Å². The molecule has 0 unspecified atom stereocenters. The molecule has 1 aromatic heterocycles. The molecular weight excluding hydrogens is 360 g/mol. The summed E-state index contributed by atoms with van der Waals surface area (Å²) in [5.41, 5.74) is 0.470. The average molecular weight is 386 g/mol. The first-order chi connectivity index (χ1) is 13.6. The largest absolute Gasteiger partial charge is 0.488 e. The number of ether oxygens (including phenoxy) is 2.